The molecule has 0 saturated heterocycles. The summed E-state index contributed by atoms with van der Waals surface area (Å²) in [6.45, 7) is 1.75. The first-order valence-electron chi connectivity index (χ1n) is 4.95. The molecule has 0 fully saturated rings. The van der Waals surface area contributed by atoms with E-state index in [9.17, 15) is 4.39 Å². The van der Waals surface area contributed by atoms with E-state index in [1.54, 1.807) is 12.1 Å². The molecule has 15 heavy (non-hydrogen) atoms. The molecule has 0 unspecified atom stereocenters. The number of benzene rings is 1. The van der Waals surface area contributed by atoms with Gasteiger partial charge in [0.2, 0.25) is 0 Å². The van der Waals surface area contributed by atoms with Crippen molar-refractivity contribution in [3.63, 3.8) is 0 Å². The van der Waals surface area contributed by atoms with Crippen molar-refractivity contribution < 1.29 is 14.6 Å². The smallest absolute Gasteiger partial charge is 0.123 e. The Hall–Kier alpha value is -0.970. The van der Waals surface area contributed by atoms with Gasteiger partial charge in [0.05, 0.1) is 13.2 Å². The Kier molecular flexibility index (Phi) is 5.25. The molecule has 0 aliphatic rings. The zero-order chi connectivity index (χ0) is 11.1. The van der Waals surface area contributed by atoms with Gasteiger partial charge >= 0.3 is 0 Å². The summed E-state index contributed by atoms with van der Waals surface area (Å²) >= 11 is 0. The molecule has 0 saturated carbocycles. The molecule has 1 rings (SSSR count). The number of hydrogen-bond donors (Lipinski definition) is 2. The first-order valence-corrected chi connectivity index (χ1v) is 4.95. The van der Waals surface area contributed by atoms with Crippen LogP contribution in [0.1, 0.15) is 5.56 Å². The molecule has 0 spiro atoms. The van der Waals surface area contributed by atoms with Gasteiger partial charge in [0.25, 0.3) is 0 Å². The summed E-state index contributed by atoms with van der Waals surface area (Å²) < 4.78 is 12.6. The average molecular weight is 213 g/mol. The van der Waals surface area contributed by atoms with Crippen LogP contribution >= 0.6 is 0 Å². The Morgan fingerprint density at radius 2 is 1.53 bits per heavy atom. The lowest BCUT2D eigenvalue weighted by atomic mass is 10.2. The molecule has 0 heterocycles. The van der Waals surface area contributed by atoms with E-state index in [0.717, 1.165) is 5.56 Å². The van der Waals surface area contributed by atoms with Crippen molar-refractivity contribution in [3.8, 4) is 0 Å². The van der Waals surface area contributed by atoms with E-state index >= 15 is 0 Å². The van der Waals surface area contributed by atoms with Crippen molar-refractivity contribution in [2.45, 2.75) is 6.54 Å². The summed E-state index contributed by atoms with van der Waals surface area (Å²) in [5.41, 5.74) is 0.971. The van der Waals surface area contributed by atoms with Gasteiger partial charge in [-0.05, 0) is 17.7 Å². The maximum absolute atomic E-state index is 12.6. The van der Waals surface area contributed by atoms with E-state index in [4.69, 9.17) is 10.2 Å². The second-order valence-corrected chi connectivity index (χ2v) is 3.35. The zero-order valence-electron chi connectivity index (χ0n) is 8.56. The van der Waals surface area contributed by atoms with Gasteiger partial charge in [-0.25, -0.2) is 4.39 Å². The normalized spacial score (nSPS) is 10.9. The van der Waals surface area contributed by atoms with Gasteiger partial charge in [0, 0.05) is 19.6 Å². The van der Waals surface area contributed by atoms with Crippen LogP contribution in [0.15, 0.2) is 24.3 Å². The second kappa shape index (κ2) is 6.50. The van der Waals surface area contributed by atoms with Crippen molar-refractivity contribution in [3.05, 3.63) is 35.6 Å². The van der Waals surface area contributed by atoms with Crippen LogP contribution in [0.25, 0.3) is 0 Å². The third kappa shape index (κ3) is 4.38. The SMILES string of the molecule is OCCN(CCO)Cc1ccc(F)cc1. The van der Waals surface area contributed by atoms with Crippen LogP contribution in [0.3, 0.4) is 0 Å². The first kappa shape index (κ1) is 12.1. The van der Waals surface area contributed by atoms with E-state index < -0.39 is 0 Å². The monoisotopic (exact) mass is 213 g/mol. The highest BCUT2D eigenvalue weighted by molar-refractivity contribution is 5.15. The fraction of sp³-hybridized carbons (Fsp3) is 0.455. The van der Waals surface area contributed by atoms with E-state index in [-0.39, 0.29) is 19.0 Å². The minimum atomic E-state index is -0.255. The van der Waals surface area contributed by atoms with Crippen LogP contribution in [0, 0.1) is 5.82 Å². The van der Waals surface area contributed by atoms with Crippen LogP contribution in [0.2, 0.25) is 0 Å². The summed E-state index contributed by atoms with van der Waals surface area (Å²) in [4.78, 5) is 1.91. The summed E-state index contributed by atoms with van der Waals surface area (Å²) in [7, 11) is 0. The molecule has 0 amide bonds. The number of hydrogen-bond acceptors (Lipinski definition) is 3. The maximum Gasteiger partial charge on any atom is 0.123 e. The number of halogens is 1. The predicted octanol–water partition coefficient (Wildman–Crippen LogP) is 0.612. The van der Waals surface area contributed by atoms with Crippen molar-refractivity contribution in [2.75, 3.05) is 26.3 Å². The second-order valence-electron chi connectivity index (χ2n) is 3.35. The molecule has 0 radical (unpaired) electrons. The fourth-order valence-corrected chi connectivity index (χ4v) is 1.40. The van der Waals surface area contributed by atoms with Gasteiger partial charge in [-0.2, -0.15) is 0 Å². The Labute approximate surface area is 88.8 Å². The highest BCUT2D eigenvalue weighted by Gasteiger charge is 2.04. The van der Waals surface area contributed by atoms with Gasteiger partial charge in [-0.1, -0.05) is 12.1 Å². The molecular weight excluding hydrogens is 197 g/mol. The average Bonchev–Trinajstić information content (AvgIpc) is 2.22. The first-order chi connectivity index (χ1) is 7.26. The third-order valence-electron chi connectivity index (χ3n) is 2.15. The van der Waals surface area contributed by atoms with Crippen LogP contribution in [-0.4, -0.2) is 41.4 Å². The van der Waals surface area contributed by atoms with Crippen LogP contribution in [-0.2, 0) is 6.54 Å². The quantitative estimate of drug-likeness (QED) is 0.727. The fourth-order valence-electron chi connectivity index (χ4n) is 1.40. The highest BCUT2D eigenvalue weighted by Crippen LogP contribution is 2.06. The number of aliphatic hydroxyl groups is 2. The number of aliphatic hydroxyl groups excluding tert-OH is 2. The maximum atomic E-state index is 12.6. The summed E-state index contributed by atoms with van der Waals surface area (Å²) in [6, 6.07) is 6.23. The zero-order valence-corrected chi connectivity index (χ0v) is 8.56. The van der Waals surface area contributed by atoms with Crippen molar-refractivity contribution >= 4 is 0 Å². The van der Waals surface area contributed by atoms with Crippen molar-refractivity contribution in [2.24, 2.45) is 0 Å². The Morgan fingerprint density at radius 3 is 2.00 bits per heavy atom. The summed E-state index contributed by atoms with van der Waals surface area (Å²) in [6.07, 6.45) is 0. The van der Waals surface area contributed by atoms with E-state index in [1.807, 2.05) is 4.90 Å². The van der Waals surface area contributed by atoms with E-state index in [0.29, 0.717) is 19.6 Å². The molecule has 0 atom stereocenters. The molecule has 1 aromatic carbocycles. The molecule has 4 heteroatoms. The highest BCUT2D eigenvalue weighted by atomic mass is 19.1. The molecule has 0 aliphatic heterocycles. The minimum absolute atomic E-state index is 0.0567. The molecule has 2 N–H and O–H groups in total. The van der Waals surface area contributed by atoms with Gasteiger partial charge in [0.15, 0.2) is 0 Å². The van der Waals surface area contributed by atoms with Crippen LogP contribution < -0.4 is 0 Å². The molecule has 0 aromatic heterocycles. The molecule has 3 nitrogen and oxygen atoms in total. The lowest BCUT2D eigenvalue weighted by Crippen LogP contribution is -2.29. The van der Waals surface area contributed by atoms with E-state index in [1.165, 1.54) is 12.1 Å². The van der Waals surface area contributed by atoms with Crippen LogP contribution in [0.5, 0.6) is 0 Å². The third-order valence-corrected chi connectivity index (χ3v) is 2.15. The number of rotatable bonds is 6. The molecule has 0 bridgehead atoms. The Morgan fingerprint density at radius 1 is 1.00 bits per heavy atom. The lowest BCUT2D eigenvalue weighted by molar-refractivity contribution is 0.156. The topological polar surface area (TPSA) is 43.7 Å². The molecular formula is C11H16FNO2. The van der Waals surface area contributed by atoms with Gasteiger partial charge in [0.1, 0.15) is 5.82 Å². The lowest BCUT2D eigenvalue weighted by Gasteiger charge is -2.19. The van der Waals surface area contributed by atoms with Crippen LogP contribution in [0.4, 0.5) is 4.39 Å². The molecule has 1 aromatic rings. The van der Waals surface area contributed by atoms with Gasteiger partial charge < -0.3 is 10.2 Å². The number of nitrogens with zero attached hydrogens (tertiary/aromatic N) is 1. The van der Waals surface area contributed by atoms with Crippen molar-refractivity contribution in [1.82, 2.24) is 4.90 Å². The standard InChI is InChI=1S/C11H16FNO2/c12-11-3-1-10(2-4-11)9-13(5-7-14)6-8-15/h1-4,14-15H,5-9H2. The minimum Gasteiger partial charge on any atom is -0.395 e. The summed E-state index contributed by atoms with van der Waals surface area (Å²) in [5, 5.41) is 17.6. The van der Waals surface area contributed by atoms with Gasteiger partial charge in [-0.15, -0.1) is 0 Å². The largest absolute Gasteiger partial charge is 0.395 e. The summed E-state index contributed by atoms with van der Waals surface area (Å²) in [5.74, 6) is -0.255. The molecule has 84 valence electrons. The molecule has 0 aliphatic carbocycles. The Bertz CT molecular complexity index is 270. The van der Waals surface area contributed by atoms with Gasteiger partial charge in [-0.3, -0.25) is 4.90 Å². The Balaban J connectivity index is 2.53. The van der Waals surface area contributed by atoms with Crippen molar-refractivity contribution in [1.29, 1.82) is 0 Å². The van der Waals surface area contributed by atoms with E-state index in [2.05, 4.69) is 0 Å². The predicted molar refractivity (Wildman–Crippen MR) is 55.8 cm³/mol.